The predicted molar refractivity (Wildman–Crippen MR) is 92.1 cm³/mol. The molecular weight excluding hydrogens is 310 g/mol. The Hall–Kier alpha value is -2.80. The van der Waals surface area contributed by atoms with Gasteiger partial charge < -0.3 is 24.8 Å². The Bertz CT molecular complexity index is 691. The maximum absolute atomic E-state index is 12.4. The second-order valence-electron chi connectivity index (χ2n) is 4.87. The molecule has 0 aliphatic carbocycles. The molecule has 0 saturated heterocycles. The van der Waals surface area contributed by atoms with Crippen LogP contribution in [0.1, 0.15) is 10.5 Å². The summed E-state index contributed by atoms with van der Waals surface area (Å²) in [7, 11) is 4.73. The molecule has 0 fully saturated rings. The molecule has 1 heterocycles. The van der Waals surface area contributed by atoms with Crippen molar-refractivity contribution in [1.29, 1.82) is 0 Å². The largest absolute Gasteiger partial charge is 0.493 e. The lowest BCUT2D eigenvalue weighted by molar-refractivity contribution is 0.102. The summed E-state index contributed by atoms with van der Waals surface area (Å²) in [6.45, 7) is 1.23. The van der Waals surface area contributed by atoms with E-state index in [-0.39, 0.29) is 5.91 Å². The van der Waals surface area contributed by atoms with Crippen LogP contribution < -0.4 is 20.1 Å². The maximum atomic E-state index is 12.4. The van der Waals surface area contributed by atoms with Crippen LogP contribution in [-0.2, 0) is 4.74 Å². The molecule has 0 bridgehead atoms. The zero-order valence-electron chi connectivity index (χ0n) is 14.0. The van der Waals surface area contributed by atoms with Crippen LogP contribution in [0.4, 0.5) is 11.4 Å². The molecule has 0 aliphatic rings. The van der Waals surface area contributed by atoms with Crippen molar-refractivity contribution in [3.8, 4) is 11.5 Å². The number of carbonyl (C=O) groups is 1. The summed E-state index contributed by atoms with van der Waals surface area (Å²) in [5, 5.41) is 5.95. The minimum absolute atomic E-state index is 0.308. The Labute approximate surface area is 140 Å². The molecule has 0 spiro atoms. The normalized spacial score (nSPS) is 10.1. The van der Waals surface area contributed by atoms with Crippen LogP contribution in [0.2, 0.25) is 0 Å². The fraction of sp³-hybridized carbons (Fsp3) is 0.294. The minimum atomic E-state index is -0.308. The molecule has 1 aromatic carbocycles. The van der Waals surface area contributed by atoms with Gasteiger partial charge in [-0.3, -0.25) is 9.78 Å². The minimum Gasteiger partial charge on any atom is -0.493 e. The zero-order chi connectivity index (χ0) is 17.4. The van der Waals surface area contributed by atoms with Gasteiger partial charge in [0.25, 0.3) is 5.91 Å². The summed E-state index contributed by atoms with van der Waals surface area (Å²) in [4.78, 5) is 16.5. The Kier molecular flexibility index (Phi) is 6.39. The molecule has 0 aliphatic heterocycles. The summed E-state index contributed by atoms with van der Waals surface area (Å²) in [5.74, 6) is 0.828. The summed E-state index contributed by atoms with van der Waals surface area (Å²) in [6.07, 6.45) is 1.58. The highest BCUT2D eigenvalue weighted by molar-refractivity contribution is 6.03. The van der Waals surface area contributed by atoms with Gasteiger partial charge in [-0.2, -0.15) is 0 Å². The number of carbonyl (C=O) groups excluding carboxylic acids is 1. The number of hydrogen-bond acceptors (Lipinski definition) is 6. The Morgan fingerprint density at radius 3 is 2.54 bits per heavy atom. The highest BCUT2D eigenvalue weighted by Gasteiger charge is 2.11. The molecule has 7 nitrogen and oxygen atoms in total. The number of rotatable bonds is 8. The molecule has 7 heteroatoms. The highest BCUT2D eigenvalue weighted by Crippen LogP contribution is 2.29. The monoisotopic (exact) mass is 331 g/mol. The van der Waals surface area contributed by atoms with E-state index in [1.807, 2.05) is 0 Å². The van der Waals surface area contributed by atoms with Crippen molar-refractivity contribution >= 4 is 17.3 Å². The number of ether oxygens (including phenoxy) is 3. The van der Waals surface area contributed by atoms with Crippen LogP contribution in [0.25, 0.3) is 0 Å². The Balaban J connectivity index is 2.08. The van der Waals surface area contributed by atoms with Crippen LogP contribution in [0.15, 0.2) is 36.5 Å². The van der Waals surface area contributed by atoms with E-state index < -0.39 is 0 Å². The Morgan fingerprint density at radius 1 is 1.04 bits per heavy atom. The number of benzene rings is 1. The molecule has 128 valence electrons. The number of nitrogens with zero attached hydrogens (tertiary/aromatic N) is 1. The van der Waals surface area contributed by atoms with E-state index in [0.29, 0.717) is 36.0 Å². The van der Waals surface area contributed by atoms with Crippen molar-refractivity contribution in [1.82, 2.24) is 4.98 Å². The van der Waals surface area contributed by atoms with Gasteiger partial charge in [-0.05, 0) is 24.3 Å². The van der Waals surface area contributed by atoms with Gasteiger partial charge in [0.2, 0.25) is 0 Å². The molecule has 2 aromatic rings. The summed E-state index contributed by atoms with van der Waals surface area (Å²) in [5.41, 5.74) is 1.71. The highest BCUT2D eigenvalue weighted by atomic mass is 16.5. The van der Waals surface area contributed by atoms with Crippen LogP contribution >= 0.6 is 0 Å². The average Bonchev–Trinajstić information content (AvgIpc) is 2.62. The van der Waals surface area contributed by atoms with Crippen molar-refractivity contribution in [2.75, 3.05) is 45.1 Å². The first-order valence-corrected chi connectivity index (χ1v) is 7.40. The third-order valence-electron chi connectivity index (χ3n) is 3.27. The fourth-order valence-electron chi connectivity index (χ4n) is 2.07. The smallest absolute Gasteiger partial charge is 0.274 e. The van der Waals surface area contributed by atoms with Gasteiger partial charge in [0.15, 0.2) is 11.5 Å². The summed E-state index contributed by atoms with van der Waals surface area (Å²) < 4.78 is 15.4. The quantitative estimate of drug-likeness (QED) is 0.723. The Morgan fingerprint density at radius 2 is 1.83 bits per heavy atom. The van der Waals surface area contributed by atoms with Gasteiger partial charge in [0.05, 0.1) is 20.8 Å². The van der Waals surface area contributed by atoms with Crippen LogP contribution in [-0.4, -0.2) is 45.4 Å². The number of aromatic nitrogens is 1. The van der Waals surface area contributed by atoms with E-state index >= 15 is 0 Å². The number of anilines is 2. The van der Waals surface area contributed by atoms with Crippen LogP contribution in [0.5, 0.6) is 11.5 Å². The van der Waals surface area contributed by atoms with Crippen molar-refractivity contribution in [3.05, 3.63) is 42.2 Å². The first-order valence-electron chi connectivity index (χ1n) is 7.40. The van der Waals surface area contributed by atoms with Gasteiger partial charge in [-0.1, -0.05) is 0 Å². The lowest BCUT2D eigenvalue weighted by Crippen LogP contribution is -2.15. The second-order valence-corrected chi connectivity index (χ2v) is 4.87. The SMILES string of the molecule is COCCNc1ccnc(C(=O)Nc2ccc(OC)c(OC)c2)c1. The standard InChI is InChI=1S/C17H21N3O4/c1-22-9-8-18-12-6-7-19-14(10-12)17(21)20-13-4-5-15(23-2)16(11-13)24-3/h4-7,10-11H,8-9H2,1-3H3,(H,18,19)(H,20,21). The number of methoxy groups -OCH3 is 3. The van der Waals surface area contributed by atoms with E-state index in [2.05, 4.69) is 15.6 Å². The summed E-state index contributed by atoms with van der Waals surface area (Å²) >= 11 is 0. The second kappa shape index (κ2) is 8.73. The van der Waals surface area contributed by atoms with E-state index in [1.54, 1.807) is 57.9 Å². The first kappa shape index (κ1) is 17.6. The zero-order valence-corrected chi connectivity index (χ0v) is 14.0. The molecule has 0 atom stereocenters. The van der Waals surface area contributed by atoms with Gasteiger partial charge in [0, 0.05) is 37.3 Å². The van der Waals surface area contributed by atoms with Crippen molar-refractivity contribution < 1.29 is 19.0 Å². The van der Waals surface area contributed by atoms with Crippen molar-refractivity contribution in [2.24, 2.45) is 0 Å². The van der Waals surface area contributed by atoms with Gasteiger partial charge >= 0.3 is 0 Å². The van der Waals surface area contributed by atoms with Crippen LogP contribution in [0.3, 0.4) is 0 Å². The van der Waals surface area contributed by atoms with Gasteiger partial charge in [-0.15, -0.1) is 0 Å². The summed E-state index contributed by atoms with van der Waals surface area (Å²) in [6, 6.07) is 8.64. The number of amides is 1. The lowest BCUT2D eigenvalue weighted by Gasteiger charge is -2.11. The number of nitrogens with one attached hydrogen (secondary N) is 2. The molecule has 0 radical (unpaired) electrons. The molecule has 1 amide bonds. The van der Waals surface area contributed by atoms with Crippen molar-refractivity contribution in [2.45, 2.75) is 0 Å². The lowest BCUT2D eigenvalue weighted by atomic mass is 10.2. The van der Waals surface area contributed by atoms with Crippen LogP contribution in [0, 0.1) is 0 Å². The van der Waals surface area contributed by atoms with E-state index in [0.717, 1.165) is 5.69 Å². The van der Waals surface area contributed by atoms with E-state index in [4.69, 9.17) is 14.2 Å². The van der Waals surface area contributed by atoms with Crippen molar-refractivity contribution in [3.63, 3.8) is 0 Å². The average molecular weight is 331 g/mol. The van der Waals surface area contributed by atoms with Gasteiger partial charge in [-0.25, -0.2) is 0 Å². The number of hydrogen-bond donors (Lipinski definition) is 2. The molecular formula is C17H21N3O4. The molecule has 2 N–H and O–H groups in total. The molecule has 1 aromatic heterocycles. The molecule has 24 heavy (non-hydrogen) atoms. The van der Waals surface area contributed by atoms with E-state index in [9.17, 15) is 4.79 Å². The molecule has 0 saturated carbocycles. The fourth-order valence-corrected chi connectivity index (χ4v) is 2.07. The maximum Gasteiger partial charge on any atom is 0.274 e. The topological polar surface area (TPSA) is 81.7 Å². The first-order chi connectivity index (χ1) is 11.7. The number of pyridine rings is 1. The molecule has 0 unspecified atom stereocenters. The van der Waals surface area contributed by atoms with Gasteiger partial charge in [0.1, 0.15) is 5.69 Å². The third kappa shape index (κ3) is 4.60. The predicted octanol–water partition coefficient (Wildman–Crippen LogP) is 2.41. The third-order valence-corrected chi connectivity index (χ3v) is 3.27. The van der Waals surface area contributed by atoms with E-state index in [1.165, 1.54) is 0 Å². The molecule has 2 rings (SSSR count).